The van der Waals surface area contributed by atoms with Crippen LogP contribution in [0.2, 0.25) is 0 Å². The molecule has 1 aromatic heterocycles. The van der Waals surface area contributed by atoms with Crippen molar-refractivity contribution in [3.05, 3.63) is 64.1 Å². The number of benzene rings is 1. The highest BCUT2D eigenvalue weighted by atomic mass is 16.3. The minimum atomic E-state index is -0.307. The molecule has 118 valence electrons. The van der Waals surface area contributed by atoms with Gasteiger partial charge in [0.15, 0.2) is 5.75 Å². The number of hydrogen-bond donors (Lipinski definition) is 1. The molecule has 1 heterocycles. The van der Waals surface area contributed by atoms with Gasteiger partial charge in [0.1, 0.15) is 0 Å². The van der Waals surface area contributed by atoms with Crippen LogP contribution < -0.4 is 5.43 Å². The molecule has 0 unspecified atom stereocenters. The molecule has 0 fully saturated rings. The van der Waals surface area contributed by atoms with E-state index in [1.807, 2.05) is 22.8 Å². The summed E-state index contributed by atoms with van der Waals surface area (Å²) in [7, 11) is 0. The number of hydrogen-bond acceptors (Lipinski definition) is 3. The standard InChI is InChI=1S/C18H24N2O2/c1-3-19(4-2)13-16-12-17(21)18(22)14-20(16)11-10-15-8-6-5-7-9-15/h5-9,12,14,22H,3-4,10-11,13H2,1-2H3. The van der Waals surface area contributed by atoms with Crippen LogP contribution in [0.25, 0.3) is 0 Å². The van der Waals surface area contributed by atoms with Crippen molar-refractivity contribution in [1.82, 2.24) is 9.47 Å². The monoisotopic (exact) mass is 300 g/mol. The molecular weight excluding hydrogens is 276 g/mol. The smallest absolute Gasteiger partial charge is 0.223 e. The molecule has 0 aliphatic carbocycles. The molecule has 0 aliphatic heterocycles. The summed E-state index contributed by atoms with van der Waals surface area (Å²) >= 11 is 0. The molecule has 0 spiro atoms. The van der Waals surface area contributed by atoms with Crippen LogP contribution in [0.3, 0.4) is 0 Å². The number of nitrogens with zero attached hydrogens (tertiary/aromatic N) is 2. The third-order valence-corrected chi connectivity index (χ3v) is 3.96. The van der Waals surface area contributed by atoms with Gasteiger partial charge >= 0.3 is 0 Å². The Labute approximate surface area is 131 Å². The van der Waals surface area contributed by atoms with Crippen LogP contribution in [0, 0.1) is 0 Å². The molecule has 2 rings (SSSR count). The van der Waals surface area contributed by atoms with Crippen molar-refractivity contribution in [3.8, 4) is 5.75 Å². The highest BCUT2D eigenvalue weighted by Gasteiger charge is 2.09. The molecule has 0 saturated carbocycles. The van der Waals surface area contributed by atoms with Gasteiger partial charge in [0.2, 0.25) is 5.43 Å². The van der Waals surface area contributed by atoms with E-state index in [0.29, 0.717) is 0 Å². The van der Waals surface area contributed by atoms with Gasteiger partial charge in [-0.2, -0.15) is 0 Å². The highest BCUT2D eigenvalue weighted by molar-refractivity contribution is 5.21. The van der Waals surface area contributed by atoms with Crippen LogP contribution in [0.4, 0.5) is 0 Å². The van der Waals surface area contributed by atoms with Gasteiger partial charge in [-0.1, -0.05) is 44.2 Å². The highest BCUT2D eigenvalue weighted by Crippen LogP contribution is 2.10. The van der Waals surface area contributed by atoms with Crippen molar-refractivity contribution in [2.75, 3.05) is 13.1 Å². The lowest BCUT2D eigenvalue weighted by atomic mass is 10.1. The van der Waals surface area contributed by atoms with Crippen LogP contribution >= 0.6 is 0 Å². The molecule has 4 heteroatoms. The molecule has 0 saturated heterocycles. The molecule has 0 radical (unpaired) electrons. The first-order valence-corrected chi connectivity index (χ1v) is 7.82. The van der Waals surface area contributed by atoms with Gasteiger partial charge in [-0.3, -0.25) is 9.69 Å². The fourth-order valence-electron chi connectivity index (χ4n) is 2.52. The molecule has 1 N–H and O–H groups in total. The Morgan fingerprint density at radius 1 is 1.14 bits per heavy atom. The van der Waals surface area contributed by atoms with Crippen molar-refractivity contribution >= 4 is 0 Å². The quantitative estimate of drug-likeness (QED) is 0.855. The zero-order chi connectivity index (χ0) is 15.9. The van der Waals surface area contributed by atoms with E-state index in [0.717, 1.165) is 38.3 Å². The Morgan fingerprint density at radius 3 is 2.45 bits per heavy atom. The Hall–Kier alpha value is -2.07. The summed E-state index contributed by atoms with van der Waals surface area (Å²) in [6.07, 6.45) is 2.43. The molecule has 0 atom stereocenters. The summed E-state index contributed by atoms with van der Waals surface area (Å²) in [5.74, 6) is -0.184. The van der Waals surface area contributed by atoms with Crippen molar-refractivity contribution in [2.45, 2.75) is 33.4 Å². The van der Waals surface area contributed by atoms with Crippen molar-refractivity contribution < 1.29 is 5.11 Å². The summed E-state index contributed by atoms with van der Waals surface area (Å²) in [6, 6.07) is 11.8. The zero-order valence-corrected chi connectivity index (χ0v) is 13.3. The van der Waals surface area contributed by atoms with Crippen molar-refractivity contribution in [3.63, 3.8) is 0 Å². The third kappa shape index (κ3) is 4.21. The van der Waals surface area contributed by atoms with Crippen LogP contribution in [-0.2, 0) is 19.5 Å². The number of aromatic nitrogens is 1. The third-order valence-electron chi connectivity index (χ3n) is 3.96. The average molecular weight is 300 g/mol. The van der Waals surface area contributed by atoms with Gasteiger partial charge in [0, 0.05) is 24.8 Å². The summed E-state index contributed by atoms with van der Waals surface area (Å²) < 4.78 is 1.99. The molecule has 0 bridgehead atoms. The van der Waals surface area contributed by atoms with Crippen LogP contribution in [0.15, 0.2) is 47.4 Å². The van der Waals surface area contributed by atoms with E-state index in [9.17, 15) is 9.90 Å². The lowest BCUT2D eigenvalue weighted by Crippen LogP contribution is -2.26. The van der Waals surface area contributed by atoms with Crippen LogP contribution in [0.1, 0.15) is 25.1 Å². The minimum Gasteiger partial charge on any atom is -0.503 e. The molecule has 4 nitrogen and oxygen atoms in total. The van der Waals surface area contributed by atoms with E-state index in [1.165, 1.54) is 5.56 Å². The van der Waals surface area contributed by atoms with Gasteiger partial charge in [0.25, 0.3) is 0 Å². The lowest BCUT2D eigenvalue weighted by molar-refractivity contribution is 0.285. The predicted octanol–water partition coefficient (Wildman–Crippen LogP) is 2.64. The van der Waals surface area contributed by atoms with E-state index in [-0.39, 0.29) is 11.2 Å². The second kappa shape index (κ2) is 7.80. The average Bonchev–Trinajstić information content (AvgIpc) is 2.55. The molecule has 0 amide bonds. The van der Waals surface area contributed by atoms with Crippen molar-refractivity contribution in [2.24, 2.45) is 0 Å². The summed E-state index contributed by atoms with van der Waals surface area (Å²) in [4.78, 5) is 14.0. The van der Waals surface area contributed by atoms with Gasteiger partial charge < -0.3 is 9.67 Å². The van der Waals surface area contributed by atoms with E-state index in [1.54, 1.807) is 12.3 Å². The molecule has 0 aliphatic rings. The SMILES string of the molecule is CCN(CC)Cc1cc(=O)c(O)cn1CCc1ccccc1. The van der Waals surface area contributed by atoms with Gasteiger partial charge in [-0.05, 0) is 25.1 Å². The molecule has 2 aromatic rings. The van der Waals surface area contributed by atoms with Gasteiger partial charge in [-0.25, -0.2) is 0 Å². The topological polar surface area (TPSA) is 45.5 Å². The number of aryl methyl sites for hydroxylation is 2. The normalized spacial score (nSPS) is 11.0. The van der Waals surface area contributed by atoms with E-state index in [2.05, 4.69) is 30.9 Å². The largest absolute Gasteiger partial charge is 0.503 e. The Balaban J connectivity index is 2.20. The zero-order valence-electron chi connectivity index (χ0n) is 13.3. The predicted molar refractivity (Wildman–Crippen MR) is 89.1 cm³/mol. The first kappa shape index (κ1) is 16.3. The fraction of sp³-hybridized carbons (Fsp3) is 0.389. The molecule has 22 heavy (non-hydrogen) atoms. The summed E-state index contributed by atoms with van der Waals surface area (Å²) in [6.45, 7) is 7.55. The first-order valence-electron chi connectivity index (χ1n) is 7.82. The van der Waals surface area contributed by atoms with Crippen LogP contribution in [-0.4, -0.2) is 27.7 Å². The number of pyridine rings is 1. The van der Waals surface area contributed by atoms with Gasteiger partial charge in [0.05, 0.1) is 6.20 Å². The van der Waals surface area contributed by atoms with Gasteiger partial charge in [-0.15, -0.1) is 0 Å². The number of rotatable bonds is 7. The van der Waals surface area contributed by atoms with E-state index < -0.39 is 0 Å². The minimum absolute atomic E-state index is 0.184. The maximum Gasteiger partial charge on any atom is 0.223 e. The fourth-order valence-corrected chi connectivity index (χ4v) is 2.52. The second-order valence-electron chi connectivity index (χ2n) is 5.40. The first-order chi connectivity index (χ1) is 10.6. The van der Waals surface area contributed by atoms with E-state index in [4.69, 9.17) is 0 Å². The summed E-state index contributed by atoms with van der Waals surface area (Å²) in [5, 5.41) is 9.72. The lowest BCUT2D eigenvalue weighted by Gasteiger charge is -2.21. The maximum atomic E-state index is 11.7. The van der Waals surface area contributed by atoms with Crippen molar-refractivity contribution in [1.29, 1.82) is 0 Å². The maximum absolute atomic E-state index is 11.7. The second-order valence-corrected chi connectivity index (χ2v) is 5.40. The Kier molecular flexibility index (Phi) is 5.78. The van der Waals surface area contributed by atoms with E-state index >= 15 is 0 Å². The Bertz CT molecular complexity index is 646. The Morgan fingerprint density at radius 2 is 1.82 bits per heavy atom. The molecule has 1 aromatic carbocycles. The summed E-state index contributed by atoms with van der Waals surface area (Å²) in [5.41, 5.74) is 1.88. The molecular formula is C18H24N2O2. The number of aromatic hydroxyl groups is 1. The van der Waals surface area contributed by atoms with Crippen LogP contribution in [0.5, 0.6) is 5.75 Å².